The van der Waals surface area contributed by atoms with Gasteiger partial charge in [-0.05, 0) is 113 Å². The van der Waals surface area contributed by atoms with E-state index in [1.54, 1.807) is 44.4 Å². The molecule has 0 saturated heterocycles. The first-order chi connectivity index (χ1) is 31.0. The van der Waals surface area contributed by atoms with Gasteiger partial charge in [-0.1, -0.05) is 24.3 Å². The summed E-state index contributed by atoms with van der Waals surface area (Å²) in [5, 5.41) is 18.5. The SMILES string of the molecule is CS(=O)(=O)Nc1cccc(C(=O)c2c[nH]c3ncc(Br)cc23)c1F.Cc1cc(F)ccc1-c1cnc2[nH]cc(C(=O)c3cccc(NS(C)(=O)=O)c3F)c2c1.Cc1cc(F)ccc1B(O)O. The second kappa shape index (κ2) is 19.8. The van der Waals surface area contributed by atoms with Crippen LogP contribution >= 0.6 is 15.9 Å². The highest BCUT2D eigenvalue weighted by Crippen LogP contribution is 2.31. The number of aryl methyl sites for hydroxylation is 2. The Morgan fingerprint density at radius 3 is 1.58 bits per heavy atom. The zero-order valence-electron chi connectivity index (χ0n) is 34.9. The fourth-order valence-electron chi connectivity index (χ4n) is 6.65. The molecule has 8 aromatic rings. The summed E-state index contributed by atoms with van der Waals surface area (Å²) < 4.78 is 106. The van der Waals surface area contributed by atoms with Gasteiger partial charge in [0.05, 0.1) is 35.0 Å². The number of aromatic amines is 2. The van der Waals surface area contributed by atoms with Gasteiger partial charge in [0, 0.05) is 56.7 Å². The van der Waals surface area contributed by atoms with E-state index in [0.29, 0.717) is 48.7 Å². The maximum atomic E-state index is 14.9. The Hall–Kier alpha value is -6.72. The van der Waals surface area contributed by atoms with Crippen molar-refractivity contribution in [1.29, 1.82) is 0 Å². The average molecular weight is 1010 g/mol. The number of benzene rings is 4. The fraction of sp³-hybridized carbons (Fsp3) is 0.0909. The number of sulfonamides is 2. The lowest BCUT2D eigenvalue weighted by Gasteiger charge is -2.09. The number of nitrogens with one attached hydrogen (secondary N) is 4. The normalized spacial score (nSPS) is 11.3. The Kier molecular flexibility index (Phi) is 14.6. The lowest BCUT2D eigenvalue weighted by atomic mass is 9.77. The minimum Gasteiger partial charge on any atom is -0.423 e. The summed E-state index contributed by atoms with van der Waals surface area (Å²) in [7, 11) is -8.90. The van der Waals surface area contributed by atoms with Crippen LogP contribution in [-0.4, -0.2) is 78.0 Å². The van der Waals surface area contributed by atoms with Crippen molar-refractivity contribution >= 4 is 93.6 Å². The molecule has 4 aromatic carbocycles. The molecule has 0 fully saturated rings. The number of ketones is 2. The number of rotatable bonds is 10. The number of pyridine rings is 2. The molecule has 0 radical (unpaired) electrons. The number of hydrogen-bond acceptors (Lipinski definition) is 10. The van der Waals surface area contributed by atoms with Crippen LogP contribution in [0.1, 0.15) is 43.0 Å². The number of aromatic nitrogens is 4. The third-order valence-electron chi connectivity index (χ3n) is 9.60. The van der Waals surface area contributed by atoms with Gasteiger partial charge in [0.15, 0.2) is 23.2 Å². The first-order valence-electron chi connectivity index (χ1n) is 19.1. The molecule has 14 nitrogen and oxygen atoms in total. The van der Waals surface area contributed by atoms with Crippen LogP contribution in [0.3, 0.4) is 0 Å². The maximum Gasteiger partial charge on any atom is 0.488 e. The number of carbonyl (C=O) groups excluding carboxylic acids is 2. The molecular formula is C44H36BBrF4N6O8S2. The van der Waals surface area contributed by atoms with E-state index in [9.17, 15) is 44.0 Å². The van der Waals surface area contributed by atoms with Crippen LogP contribution in [-0.2, 0) is 20.0 Å². The zero-order chi connectivity index (χ0) is 48.2. The van der Waals surface area contributed by atoms with Gasteiger partial charge in [0.2, 0.25) is 20.0 Å². The van der Waals surface area contributed by atoms with Crippen molar-refractivity contribution in [2.24, 2.45) is 0 Å². The molecule has 22 heteroatoms. The molecule has 4 aromatic heterocycles. The number of carbonyl (C=O) groups is 2. The topological polar surface area (TPSA) is 224 Å². The van der Waals surface area contributed by atoms with Crippen molar-refractivity contribution in [2.75, 3.05) is 22.0 Å². The molecular weight excluding hydrogens is 971 g/mol. The highest BCUT2D eigenvalue weighted by Gasteiger charge is 2.23. The van der Waals surface area contributed by atoms with E-state index < -0.39 is 50.4 Å². The van der Waals surface area contributed by atoms with Crippen molar-refractivity contribution in [3.05, 3.63) is 171 Å². The van der Waals surface area contributed by atoms with Crippen molar-refractivity contribution in [3.8, 4) is 11.1 Å². The first-order valence-corrected chi connectivity index (χ1v) is 23.7. The Bertz CT molecular complexity index is 3410. The molecule has 0 saturated carbocycles. The number of nitrogens with zero attached hydrogens (tertiary/aromatic N) is 2. The van der Waals surface area contributed by atoms with Gasteiger partial charge in [0.1, 0.15) is 22.9 Å². The van der Waals surface area contributed by atoms with Crippen molar-refractivity contribution in [2.45, 2.75) is 13.8 Å². The summed E-state index contributed by atoms with van der Waals surface area (Å²) in [6, 6.07) is 19.5. The highest BCUT2D eigenvalue weighted by molar-refractivity contribution is 9.10. The van der Waals surface area contributed by atoms with E-state index >= 15 is 0 Å². The average Bonchev–Trinajstić information content (AvgIpc) is 3.85. The summed E-state index contributed by atoms with van der Waals surface area (Å²) in [6.45, 7) is 3.39. The summed E-state index contributed by atoms with van der Waals surface area (Å²) >= 11 is 3.28. The molecule has 0 aliphatic heterocycles. The molecule has 340 valence electrons. The second-order valence-electron chi connectivity index (χ2n) is 14.6. The maximum absolute atomic E-state index is 14.9. The van der Waals surface area contributed by atoms with E-state index in [-0.39, 0.29) is 45.3 Å². The van der Waals surface area contributed by atoms with Crippen molar-refractivity contribution in [1.82, 2.24) is 19.9 Å². The van der Waals surface area contributed by atoms with E-state index in [4.69, 9.17) is 10.0 Å². The van der Waals surface area contributed by atoms with E-state index in [1.165, 1.54) is 79.1 Å². The Morgan fingerprint density at radius 1 is 0.636 bits per heavy atom. The van der Waals surface area contributed by atoms with Crippen LogP contribution in [0.2, 0.25) is 0 Å². The number of fused-ring (bicyclic) bond motifs is 2. The monoisotopic (exact) mass is 1010 g/mol. The molecule has 0 unspecified atom stereocenters. The van der Waals surface area contributed by atoms with Crippen LogP contribution in [0.5, 0.6) is 0 Å². The molecule has 66 heavy (non-hydrogen) atoms. The molecule has 8 rings (SSSR count). The smallest absolute Gasteiger partial charge is 0.423 e. The second-order valence-corrected chi connectivity index (χ2v) is 19.1. The molecule has 0 amide bonds. The summed E-state index contributed by atoms with van der Waals surface area (Å²) in [5.74, 6) is -3.82. The van der Waals surface area contributed by atoms with Crippen LogP contribution in [0.4, 0.5) is 28.9 Å². The minimum absolute atomic E-state index is 0.180. The molecule has 0 spiro atoms. The van der Waals surface area contributed by atoms with E-state index in [2.05, 4.69) is 45.3 Å². The van der Waals surface area contributed by atoms with Gasteiger partial charge in [0.25, 0.3) is 0 Å². The van der Waals surface area contributed by atoms with Crippen LogP contribution in [0, 0.1) is 37.1 Å². The summed E-state index contributed by atoms with van der Waals surface area (Å²) in [6.07, 6.45) is 7.85. The van der Waals surface area contributed by atoms with Crippen molar-refractivity contribution < 1.29 is 54.0 Å². The zero-order valence-corrected chi connectivity index (χ0v) is 38.1. The quantitative estimate of drug-likeness (QED) is 0.0456. The molecule has 0 aliphatic carbocycles. The highest BCUT2D eigenvalue weighted by atomic mass is 79.9. The van der Waals surface area contributed by atoms with Crippen molar-refractivity contribution in [3.63, 3.8) is 0 Å². The lowest BCUT2D eigenvalue weighted by molar-refractivity contribution is 0.102. The van der Waals surface area contributed by atoms with Gasteiger partial charge in [-0.3, -0.25) is 19.0 Å². The number of anilines is 2. The summed E-state index contributed by atoms with van der Waals surface area (Å²) in [5.41, 5.74) is 3.26. The van der Waals surface area contributed by atoms with Crippen LogP contribution < -0.4 is 14.9 Å². The van der Waals surface area contributed by atoms with Gasteiger partial charge < -0.3 is 20.0 Å². The third kappa shape index (κ3) is 11.6. The molecule has 0 aliphatic rings. The Labute approximate surface area is 383 Å². The van der Waals surface area contributed by atoms with E-state index in [0.717, 1.165) is 18.1 Å². The predicted octanol–water partition coefficient (Wildman–Crippen LogP) is 7.30. The predicted molar refractivity (Wildman–Crippen MR) is 248 cm³/mol. The number of halogens is 5. The largest absolute Gasteiger partial charge is 0.488 e. The molecule has 0 bridgehead atoms. The Balaban J connectivity index is 0.000000182. The van der Waals surface area contributed by atoms with E-state index in [1.807, 2.05) is 0 Å². The lowest BCUT2D eigenvalue weighted by Crippen LogP contribution is -2.31. The molecule has 4 heterocycles. The molecule has 0 atom stereocenters. The Morgan fingerprint density at radius 2 is 1.11 bits per heavy atom. The first kappa shape index (κ1) is 48.7. The van der Waals surface area contributed by atoms with Gasteiger partial charge in [-0.2, -0.15) is 0 Å². The van der Waals surface area contributed by atoms with Gasteiger partial charge in [-0.15, -0.1) is 0 Å². The number of H-pyrrole nitrogens is 2. The van der Waals surface area contributed by atoms with Crippen LogP contribution in [0.25, 0.3) is 33.2 Å². The third-order valence-corrected chi connectivity index (χ3v) is 11.2. The molecule has 6 N–H and O–H groups in total. The summed E-state index contributed by atoms with van der Waals surface area (Å²) in [4.78, 5) is 40.0. The fourth-order valence-corrected chi connectivity index (χ4v) is 8.09. The minimum atomic E-state index is -3.72. The number of hydrogen-bond donors (Lipinski definition) is 6. The standard InChI is InChI=1S/C22H17F2N3O3S.C15H11BrFN3O3S.C7H8BFO2/c1-12-8-14(23)6-7-15(12)13-9-17-18(11-26-22(17)25-10-13)21(28)16-4-3-5-19(20(16)24)27-31(2,29)30;1-24(22,23)20-12-4-2-3-9(13(12)17)14(21)11-7-19-15-10(11)5-8(16)6-18-15;1-5-4-6(9)2-3-7(5)8(10)11/h3-11,27H,1-2H3,(H,25,26);2-7,20H,1H3,(H,18,19);2-4,10-11H,1H3. The van der Waals surface area contributed by atoms with Gasteiger partial charge >= 0.3 is 7.12 Å². The van der Waals surface area contributed by atoms with Crippen LogP contribution in [0.15, 0.2) is 114 Å². The van der Waals surface area contributed by atoms with Gasteiger partial charge in [-0.25, -0.2) is 44.4 Å².